The Morgan fingerprint density at radius 1 is 0.812 bits per heavy atom. The molecule has 16 heavy (non-hydrogen) atoms. The van der Waals surface area contributed by atoms with Crippen LogP contribution in [0.25, 0.3) is 0 Å². The minimum absolute atomic E-state index is 0.925. The maximum atomic E-state index is 2.89. The fourth-order valence-corrected chi connectivity index (χ4v) is 4.14. The fraction of sp³-hybridized carbons (Fsp3) is 1.00. The summed E-state index contributed by atoms with van der Waals surface area (Å²) in [6.45, 7) is 5.52. The van der Waals surface area contributed by atoms with Gasteiger partial charge in [-0.15, -0.1) is 0 Å². The van der Waals surface area contributed by atoms with Gasteiger partial charge in [-0.1, -0.05) is 0 Å². The van der Waals surface area contributed by atoms with Crippen LogP contribution in [-0.2, 0) is 0 Å². The molecule has 2 saturated carbocycles. The number of nitrogens with zero attached hydrogens (tertiary/aromatic N) is 2. The van der Waals surface area contributed by atoms with Crippen molar-refractivity contribution in [3.8, 4) is 0 Å². The number of piperazine rings is 1. The van der Waals surface area contributed by atoms with Gasteiger partial charge in [0.25, 0.3) is 0 Å². The minimum Gasteiger partial charge on any atom is -0.298 e. The molecule has 2 heteroatoms. The van der Waals surface area contributed by atoms with Gasteiger partial charge in [0.15, 0.2) is 0 Å². The van der Waals surface area contributed by atoms with Gasteiger partial charge in [0.2, 0.25) is 0 Å². The van der Waals surface area contributed by atoms with Crippen LogP contribution in [0, 0.1) is 11.8 Å². The van der Waals surface area contributed by atoms with Crippen molar-refractivity contribution >= 4 is 0 Å². The molecule has 90 valence electrons. The Balaban J connectivity index is 1.45. The Kier molecular flexibility index (Phi) is 2.29. The number of rotatable bonds is 3. The molecule has 0 amide bonds. The van der Waals surface area contributed by atoms with Crippen molar-refractivity contribution in [3.63, 3.8) is 0 Å². The quantitative estimate of drug-likeness (QED) is 0.717. The highest BCUT2D eigenvalue weighted by atomic mass is 15.3. The first-order valence-corrected chi connectivity index (χ1v) is 7.40. The monoisotopic (exact) mass is 220 g/mol. The predicted octanol–water partition coefficient (Wildman–Crippen LogP) is 1.96. The van der Waals surface area contributed by atoms with E-state index in [0.717, 1.165) is 23.9 Å². The van der Waals surface area contributed by atoms with E-state index in [9.17, 15) is 0 Å². The van der Waals surface area contributed by atoms with Crippen LogP contribution in [0.3, 0.4) is 0 Å². The Morgan fingerprint density at radius 3 is 2.25 bits per heavy atom. The van der Waals surface area contributed by atoms with Crippen LogP contribution in [0.1, 0.15) is 38.5 Å². The highest BCUT2D eigenvalue weighted by Gasteiger charge is 2.46. The summed E-state index contributed by atoms with van der Waals surface area (Å²) in [7, 11) is 0. The van der Waals surface area contributed by atoms with E-state index in [0.29, 0.717) is 0 Å². The molecule has 0 spiro atoms. The first kappa shape index (κ1) is 9.90. The highest BCUT2D eigenvalue weighted by molar-refractivity contribution is 5.00. The van der Waals surface area contributed by atoms with Crippen molar-refractivity contribution in [1.82, 2.24) is 9.80 Å². The number of hydrogen-bond acceptors (Lipinski definition) is 2. The lowest BCUT2D eigenvalue weighted by Crippen LogP contribution is -2.54. The first-order chi connectivity index (χ1) is 7.92. The molecule has 0 aromatic heterocycles. The Bertz CT molecular complexity index is 258. The van der Waals surface area contributed by atoms with E-state index in [1.807, 2.05) is 0 Å². The molecule has 1 unspecified atom stereocenters. The summed E-state index contributed by atoms with van der Waals surface area (Å²) in [5.41, 5.74) is 0. The fourth-order valence-electron chi connectivity index (χ4n) is 4.14. The van der Waals surface area contributed by atoms with Gasteiger partial charge in [-0.2, -0.15) is 0 Å². The molecule has 4 aliphatic rings. The Morgan fingerprint density at radius 2 is 1.56 bits per heavy atom. The molecule has 2 nitrogen and oxygen atoms in total. The van der Waals surface area contributed by atoms with Crippen LogP contribution in [0.4, 0.5) is 0 Å². The SMILES string of the molecule is C1CC2CN(C(C3CC3)C3CC3)CCN2C1. The van der Waals surface area contributed by atoms with Gasteiger partial charge in [0.1, 0.15) is 0 Å². The van der Waals surface area contributed by atoms with Crippen LogP contribution >= 0.6 is 0 Å². The van der Waals surface area contributed by atoms with Gasteiger partial charge in [-0.25, -0.2) is 0 Å². The number of fused-ring (bicyclic) bond motifs is 1. The number of hydrogen-bond donors (Lipinski definition) is 0. The van der Waals surface area contributed by atoms with Crippen LogP contribution in [-0.4, -0.2) is 48.1 Å². The van der Waals surface area contributed by atoms with Gasteiger partial charge >= 0.3 is 0 Å². The third-order valence-corrected chi connectivity index (χ3v) is 5.25. The van der Waals surface area contributed by atoms with Gasteiger partial charge in [-0.05, 0) is 56.9 Å². The minimum atomic E-state index is 0.925. The van der Waals surface area contributed by atoms with Crippen molar-refractivity contribution in [2.24, 2.45) is 11.8 Å². The van der Waals surface area contributed by atoms with Crippen LogP contribution in [0.5, 0.6) is 0 Å². The van der Waals surface area contributed by atoms with Crippen molar-refractivity contribution in [3.05, 3.63) is 0 Å². The van der Waals surface area contributed by atoms with Crippen molar-refractivity contribution in [2.75, 3.05) is 26.2 Å². The molecule has 2 aliphatic heterocycles. The molecule has 1 atom stereocenters. The lowest BCUT2D eigenvalue weighted by Gasteiger charge is -2.42. The van der Waals surface area contributed by atoms with Crippen LogP contribution in [0.15, 0.2) is 0 Å². The van der Waals surface area contributed by atoms with Crippen molar-refractivity contribution in [1.29, 1.82) is 0 Å². The average Bonchev–Trinajstić information content (AvgIpc) is 3.20. The molecule has 0 N–H and O–H groups in total. The zero-order chi connectivity index (χ0) is 10.5. The zero-order valence-electron chi connectivity index (χ0n) is 10.3. The normalized spacial score (nSPS) is 36.9. The third kappa shape index (κ3) is 1.70. The molecule has 0 radical (unpaired) electrons. The van der Waals surface area contributed by atoms with E-state index < -0.39 is 0 Å². The van der Waals surface area contributed by atoms with Gasteiger partial charge in [0.05, 0.1) is 0 Å². The first-order valence-electron chi connectivity index (χ1n) is 7.40. The Hall–Kier alpha value is -0.0800. The molecule has 4 rings (SSSR count). The zero-order valence-corrected chi connectivity index (χ0v) is 10.3. The Labute approximate surface area is 99.0 Å². The van der Waals surface area contributed by atoms with Gasteiger partial charge < -0.3 is 0 Å². The van der Waals surface area contributed by atoms with E-state index in [4.69, 9.17) is 0 Å². The summed E-state index contributed by atoms with van der Waals surface area (Å²) < 4.78 is 0. The van der Waals surface area contributed by atoms with E-state index in [1.165, 1.54) is 64.7 Å². The molecular formula is C14H24N2. The van der Waals surface area contributed by atoms with Crippen molar-refractivity contribution < 1.29 is 0 Å². The lowest BCUT2D eigenvalue weighted by molar-refractivity contribution is 0.0550. The van der Waals surface area contributed by atoms with E-state index in [2.05, 4.69) is 9.80 Å². The van der Waals surface area contributed by atoms with Crippen LogP contribution < -0.4 is 0 Å². The largest absolute Gasteiger partial charge is 0.298 e. The highest BCUT2D eigenvalue weighted by Crippen LogP contribution is 2.47. The lowest BCUT2D eigenvalue weighted by atomic mass is 10.0. The average molecular weight is 220 g/mol. The summed E-state index contributed by atoms with van der Waals surface area (Å²) in [6.07, 6.45) is 9.06. The molecule has 2 heterocycles. The maximum Gasteiger partial charge on any atom is 0.0224 e. The van der Waals surface area contributed by atoms with Crippen LogP contribution in [0.2, 0.25) is 0 Å². The molecule has 0 bridgehead atoms. The molecule has 0 aromatic rings. The summed E-state index contributed by atoms with van der Waals surface area (Å²) in [5.74, 6) is 2.20. The summed E-state index contributed by atoms with van der Waals surface area (Å²) in [6, 6.07) is 1.93. The molecule has 2 saturated heterocycles. The van der Waals surface area contributed by atoms with E-state index in [1.54, 1.807) is 0 Å². The molecular weight excluding hydrogens is 196 g/mol. The second kappa shape index (κ2) is 3.71. The second-order valence-corrected chi connectivity index (χ2v) is 6.49. The van der Waals surface area contributed by atoms with E-state index >= 15 is 0 Å². The smallest absolute Gasteiger partial charge is 0.0224 e. The van der Waals surface area contributed by atoms with Crippen molar-refractivity contribution in [2.45, 2.75) is 50.6 Å². The molecule has 4 fully saturated rings. The third-order valence-electron chi connectivity index (χ3n) is 5.25. The molecule has 2 aliphatic carbocycles. The molecule has 0 aromatic carbocycles. The standard InChI is InChI=1S/C14H24N2/c1-2-13-10-16(9-8-15(13)7-1)14(11-3-4-11)12-5-6-12/h11-14H,1-10H2. The predicted molar refractivity (Wildman–Crippen MR) is 65.4 cm³/mol. The van der Waals surface area contributed by atoms with Gasteiger partial charge in [0, 0.05) is 31.7 Å². The topological polar surface area (TPSA) is 6.48 Å². The van der Waals surface area contributed by atoms with E-state index in [-0.39, 0.29) is 0 Å². The summed E-state index contributed by atoms with van der Waals surface area (Å²) in [4.78, 5) is 5.63. The summed E-state index contributed by atoms with van der Waals surface area (Å²) >= 11 is 0. The summed E-state index contributed by atoms with van der Waals surface area (Å²) in [5, 5.41) is 0. The van der Waals surface area contributed by atoms with Gasteiger partial charge in [-0.3, -0.25) is 9.80 Å². The second-order valence-electron chi connectivity index (χ2n) is 6.49. The maximum absolute atomic E-state index is 2.89.